The number of carbonyl (C=O) groups excluding carboxylic acids is 1. The number of methoxy groups -OCH3 is 1. The lowest BCUT2D eigenvalue weighted by atomic mass is 10.1. The highest BCUT2D eigenvalue weighted by Gasteiger charge is 2.16. The Morgan fingerprint density at radius 1 is 1.30 bits per heavy atom. The van der Waals surface area contributed by atoms with Crippen LogP contribution >= 0.6 is 0 Å². The number of ether oxygens (including phenoxy) is 1. The van der Waals surface area contributed by atoms with Gasteiger partial charge in [-0.25, -0.2) is 0 Å². The van der Waals surface area contributed by atoms with Gasteiger partial charge in [-0.2, -0.15) is 5.10 Å². The first-order valence-corrected chi connectivity index (χ1v) is 6.62. The average Bonchev–Trinajstić information content (AvgIpc) is 2.64. The number of aryl methyl sites for hydroxylation is 2. The Kier molecular flexibility index (Phi) is 3.93. The van der Waals surface area contributed by atoms with Gasteiger partial charge in [-0.1, -0.05) is 17.7 Å². The van der Waals surface area contributed by atoms with E-state index in [-0.39, 0.29) is 5.78 Å². The normalized spacial score (nSPS) is 10.7. The number of Topliss-reactive ketones (excluding diaryl/α,β-unsaturated/α-hetero) is 1. The smallest absolute Gasteiger partial charge is 0.163 e. The van der Waals surface area contributed by atoms with E-state index >= 15 is 0 Å². The van der Waals surface area contributed by atoms with E-state index in [9.17, 15) is 4.79 Å². The molecule has 0 aliphatic heterocycles. The first kappa shape index (κ1) is 14.3. The van der Waals surface area contributed by atoms with E-state index in [1.807, 2.05) is 37.6 Å². The second-order valence-corrected chi connectivity index (χ2v) is 5.07. The lowest BCUT2D eigenvalue weighted by Crippen LogP contribution is -2.06. The molecule has 0 bridgehead atoms. The molecule has 2 aromatic rings. The van der Waals surface area contributed by atoms with Crippen molar-refractivity contribution in [3.05, 3.63) is 46.3 Å². The van der Waals surface area contributed by atoms with E-state index in [4.69, 9.17) is 4.74 Å². The van der Waals surface area contributed by atoms with Crippen LogP contribution in [0.25, 0.3) is 0 Å². The standard InChI is InChI=1S/C16H20N2O2/c1-10-6-7-15(20-5)14(8-10)9-18-12(3)16(13(4)19)11(2)17-18/h6-8H,9H2,1-5H3. The zero-order chi connectivity index (χ0) is 14.9. The number of ketones is 1. The molecule has 4 heteroatoms. The number of carbonyl (C=O) groups is 1. The van der Waals surface area contributed by atoms with Crippen molar-refractivity contribution < 1.29 is 9.53 Å². The maximum Gasteiger partial charge on any atom is 0.163 e. The molecule has 0 saturated heterocycles. The van der Waals surface area contributed by atoms with Gasteiger partial charge in [0.25, 0.3) is 0 Å². The Labute approximate surface area is 119 Å². The van der Waals surface area contributed by atoms with Crippen LogP contribution in [0.1, 0.15) is 39.8 Å². The molecule has 0 amide bonds. The average molecular weight is 272 g/mol. The summed E-state index contributed by atoms with van der Waals surface area (Å²) < 4.78 is 7.25. The molecule has 1 aromatic heterocycles. The highest BCUT2D eigenvalue weighted by Crippen LogP contribution is 2.22. The summed E-state index contributed by atoms with van der Waals surface area (Å²) in [5.41, 5.74) is 4.64. The van der Waals surface area contributed by atoms with Crippen molar-refractivity contribution in [3.63, 3.8) is 0 Å². The van der Waals surface area contributed by atoms with E-state index < -0.39 is 0 Å². The van der Waals surface area contributed by atoms with Crippen molar-refractivity contribution in [1.29, 1.82) is 0 Å². The van der Waals surface area contributed by atoms with Crippen LogP contribution < -0.4 is 4.74 Å². The summed E-state index contributed by atoms with van der Waals surface area (Å²) in [5, 5.41) is 4.47. The number of hydrogen-bond acceptors (Lipinski definition) is 3. The molecular formula is C16H20N2O2. The van der Waals surface area contributed by atoms with Crippen LogP contribution in [0.4, 0.5) is 0 Å². The van der Waals surface area contributed by atoms with Crippen LogP contribution in [0.3, 0.4) is 0 Å². The SMILES string of the molecule is COc1ccc(C)cc1Cn1nc(C)c(C(C)=O)c1C. The first-order valence-electron chi connectivity index (χ1n) is 6.62. The molecule has 2 rings (SSSR count). The molecule has 0 radical (unpaired) electrons. The highest BCUT2D eigenvalue weighted by molar-refractivity contribution is 5.96. The van der Waals surface area contributed by atoms with E-state index in [2.05, 4.69) is 11.2 Å². The maximum atomic E-state index is 11.7. The summed E-state index contributed by atoms with van der Waals surface area (Å²) in [6, 6.07) is 6.06. The molecule has 0 atom stereocenters. The molecule has 106 valence electrons. The third-order valence-electron chi connectivity index (χ3n) is 3.49. The zero-order valence-electron chi connectivity index (χ0n) is 12.7. The minimum Gasteiger partial charge on any atom is -0.496 e. The molecule has 0 unspecified atom stereocenters. The van der Waals surface area contributed by atoms with Gasteiger partial charge in [-0.15, -0.1) is 0 Å². The third kappa shape index (κ3) is 2.59. The fraction of sp³-hybridized carbons (Fsp3) is 0.375. The third-order valence-corrected chi connectivity index (χ3v) is 3.49. The van der Waals surface area contributed by atoms with Crippen LogP contribution in [-0.2, 0) is 6.54 Å². The number of benzene rings is 1. The monoisotopic (exact) mass is 272 g/mol. The molecule has 0 fully saturated rings. The van der Waals surface area contributed by atoms with Gasteiger partial charge in [0, 0.05) is 11.3 Å². The zero-order valence-corrected chi connectivity index (χ0v) is 12.7. The summed E-state index contributed by atoms with van der Waals surface area (Å²) in [6.07, 6.45) is 0. The molecule has 0 saturated carbocycles. The summed E-state index contributed by atoms with van der Waals surface area (Å²) in [5.74, 6) is 0.898. The number of rotatable bonds is 4. The van der Waals surface area contributed by atoms with Crippen molar-refractivity contribution >= 4 is 5.78 Å². The minimum absolute atomic E-state index is 0.0578. The molecule has 1 heterocycles. The van der Waals surface area contributed by atoms with Crippen LogP contribution in [0.2, 0.25) is 0 Å². The van der Waals surface area contributed by atoms with Crippen LogP contribution in [0, 0.1) is 20.8 Å². The van der Waals surface area contributed by atoms with Gasteiger partial charge in [0.05, 0.1) is 24.9 Å². The molecule has 0 aliphatic rings. The van der Waals surface area contributed by atoms with Crippen molar-refractivity contribution in [2.24, 2.45) is 0 Å². The summed E-state index contributed by atoms with van der Waals surface area (Å²) in [7, 11) is 1.66. The second kappa shape index (κ2) is 5.49. The van der Waals surface area contributed by atoms with Gasteiger partial charge >= 0.3 is 0 Å². The second-order valence-electron chi connectivity index (χ2n) is 5.07. The summed E-state index contributed by atoms with van der Waals surface area (Å²) in [6.45, 7) is 8.03. The number of hydrogen-bond donors (Lipinski definition) is 0. The summed E-state index contributed by atoms with van der Waals surface area (Å²) in [4.78, 5) is 11.7. The molecule has 20 heavy (non-hydrogen) atoms. The van der Waals surface area contributed by atoms with E-state index in [1.165, 1.54) is 5.56 Å². The Morgan fingerprint density at radius 3 is 2.55 bits per heavy atom. The van der Waals surface area contributed by atoms with Crippen molar-refractivity contribution in [2.75, 3.05) is 7.11 Å². The van der Waals surface area contributed by atoms with Crippen molar-refractivity contribution in [1.82, 2.24) is 9.78 Å². The van der Waals surface area contributed by atoms with Crippen molar-refractivity contribution in [2.45, 2.75) is 34.2 Å². The maximum absolute atomic E-state index is 11.7. The lowest BCUT2D eigenvalue weighted by molar-refractivity contribution is 0.101. The lowest BCUT2D eigenvalue weighted by Gasteiger charge is -2.11. The molecular weight excluding hydrogens is 252 g/mol. The van der Waals surface area contributed by atoms with E-state index in [0.29, 0.717) is 6.54 Å². The quantitative estimate of drug-likeness (QED) is 0.803. The summed E-state index contributed by atoms with van der Waals surface area (Å²) >= 11 is 0. The molecule has 0 aliphatic carbocycles. The van der Waals surface area contributed by atoms with Gasteiger partial charge in [-0.3, -0.25) is 9.48 Å². The molecule has 0 spiro atoms. The Hall–Kier alpha value is -2.10. The largest absolute Gasteiger partial charge is 0.496 e. The predicted octanol–water partition coefficient (Wildman–Crippen LogP) is 3.07. The van der Waals surface area contributed by atoms with E-state index in [1.54, 1.807) is 14.0 Å². The molecule has 1 aromatic carbocycles. The Morgan fingerprint density at radius 2 is 2.00 bits per heavy atom. The van der Waals surface area contributed by atoms with Crippen molar-refractivity contribution in [3.8, 4) is 5.75 Å². The van der Waals surface area contributed by atoms with Gasteiger partial charge in [0.1, 0.15) is 5.75 Å². The van der Waals surface area contributed by atoms with Crippen LogP contribution in [0.5, 0.6) is 5.75 Å². The van der Waals surface area contributed by atoms with Crippen LogP contribution in [-0.4, -0.2) is 22.7 Å². The topological polar surface area (TPSA) is 44.1 Å². The van der Waals surface area contributed by atoms with E-state index in [0.717, 1.165) is 28.3 Å². The van der Waals surface area contributed by atoms with Gasteiger partial charge < -0.3 is 4.74 Å². The number of aromatic nitrogens is 2. The molecule has 4 nitrogen and oxygen atoms in total. The number of nitrogens with zero attached hydrogens (tertiary/aromatic N) is 2. The van der Waals surface area contributed by atoms with Crippen LogP contribution in [0.15, 0.2) is 18.2 Å². The van der Waals surface area contributed by atoms with Gasteiger partial charge in [0.2, 0.25) is 0 Å². The first-order chi connectivity index (χ1) is 9.43. The Bertz CT molecular complexity index is 657. The Balaban J connectivity index is 2.43. The van der Waals surface area contributed by atoms with Gasteiger partial charge in [0.15, 0.2) is 5.78 Å². The minimum atomic E-state index is 0.0578. The highest BCUT2D eigenvalue weighted by atomic mass is 16.5. The fourth-order valence-corrected chi connectivity index (χ4v) is 2.55. The van der Waals surface area contributed by atoms with Gasteiger partial charge in [-0.05, 0) is 33.8 Å². The predicted molar refractivity (Wildman–Crippen MR) is 78.5 cm³/mol. The fourth-order valence-electron chi connectivity index (χ4n) is 2.55. The molecule has 0 N–H and O–H groups in total.